The van der Waals surface area contributed by atoms with E-state index in [2.05, 4.69) is 5.32 Å². The molecule has 0 bridgehead atoms. The van der Waals surface area contributed by atoms with E-state index >= 15 is 0 Å². The minimum absolute atomic E-state index is 0.0700. The van der Waals surface area contributed by atoms with Gasteiger partial charge in [-0.15, -0.1) is 0 Å². The van der Waals surface area contributed by atoms with Gasteiger partial charge in [0.15, 0.2) is 11.3 Å². The second-order valence-electron chi connectivity index (χ2n) is 7.14. The van der Waals surface area contributed by atoms with Crippen molar-refractivity contribution in [1.29, 1.82) is 0 Å². The molecule has 32 heavy (non-hydrogen) atoms. The van der Waals surface area contributed by atoms with Gasteiger partial charge in [-0.25, -0.2) is 9.59 Å². The summed E-state index contributed by atoms with van der Waals surface area (Å²) in [6, 6.07) is 8.87. The molecule has 0 aliphatic rings. The van der Waals surface area contributed by atoms with Gasteiger partial charge in [-0.05, 0) is 42.3 Å². The van der Waals surface area contributed by atoms with Crippen LogP contribution in [0.2, 0.25) is 5.02 Å². The zero-order valence-electron chi connectivity index (χ0n) is 17.7. The summed E-state index contributed by atoms with van der Waals surface area (Å²) in [6.07, 6.45) is -0.261. The number of methoxy groups -OCH3 is 2. The Hall–Kier alpha value is -3.52. The number of ether oxygens (including phenoxy) is 2. The lowest BCUT2D eigenvalue weighted by atomic mass is 10.0. The van der Waals surface area contributed by atoms with Gasteiger partial charge >= 0.3 is 11.6 Å². The molecule has 0 saturated carbocycles. The van der Waals surface area contributed by atoms with Crippen LogP contribution in [0.3, 0.4) is 0 Å². The predicted octanol–water partition coefficient (Wildman–Crippen LogP) is 3.13. The van der Waals surface area contributed by atoms with Crippen LogP contribution in [0.5, 0.6) is 11.5 Å². The third kappa shape index (κ3) is 4.86. The Morgan fingerprint density at radius 1 is 1.12 bits per heavy atom. The Kier molecular flexibility index (Phi) is 7.05. The van der Waals surface area contributed by atoms with Gasteiger partial charge in [0.1, 0.15) is 6.04 Å². The van der Waals surface area contributed by atoms with E-state index in [1.165, 1.54) is 14.2 Å². The van der Waals surface area contributed by atoms with Crippen LogP contribution in [0.4, 0.5) is 0 Å². The quantitative estimate of drug-likeness (QED) is 0.497. The first-order valence-electron chi connectivity index (χ1n) is 9.69. The lowest BCUT2D eigenvalue weighted by Crippen LogP contribution is -2.43. The summed E-state index contributed by atoms with van der Waals surface area (Å²) in [6.45, 7) is 1.69. The van der Waals surface area contributed by atoms with Gasteiger partial charge in [0, 0.05) is 16.8 Å². The summed E-state index contributed by atoms with van der Waals surface area (Å²) in [5.74, 6) is -1.12. The molecular formula is C23H22ClNO7. The van der Waals surface area contributed by atoms with E-state index in [1.807, 2.05) is 0 Å². The lowest BCUT2D eigenvalue weighted by Gasteiger charge is -2.16. The first-order chi connectivity index (χ1) is 15.2. The van der Waals surface area contributed by atoms with E-state index in [0.29, 0.717) is 27.3 Å². The van der Waals surface area contributed by atoms with Crippen molar-refractivity contribution in [2.75, 3.05) is 14.2 Å². The first kappa shape index (κ1) is 23.1. The second-order valence-corrected chi connectivity index (χ2v) is 7.57. The molecular weight excluding hydrogens is 438 g/mol. The van der Waals surface area contributed by atoms with Crippen molar-refractivity contribution in [3.63, 3.8) is 0 Å². The maximum Gasteiger partial charge on any atom is 0.340 e. The molecule has 1 aromatic heterocycles. The number of fused-ring (bicyclic) bond motifs is 1. The number of aliphatic carboxylic acids is 1. The minimum atomic E-state index is -1.19. The summed E-state index contributed by atoms with van der Waals surface area (Å²) >= 11 is 5.85. The van der Waals surface area contributed by atoms with Gasteiger partial charge in [0.25, 0.3) is 0 Å². The summed E-state index contributed by atoms with van der Waals surface area (Å²) in [5, 5.41) is 13.1. The fraction of sp³-hybridized carbons (Fsp3) is 0.261. The number of rotatable bonds is 8. The topological polar surface area (TPSA) is 115 Å². The van der Waals surface area contributed by atoms with Crippen molar-refractivity contribution in [3.05, 3.63) is 68.5 Å². The summed E-state index contributed by atoms with van der Waals surface area (Å²) in [4.78, 5) is 36.9. The van der Waals surface area contributed by atoms with Crippen molar-refractivity contribution in [3.8, 4) is 11.5 Å². The molecule has 3 rings (SSSR count). The Morgan fingerprint density at radius 2 is 1.81 bits per heavy atom. The number of carboxylic acids is 1. The number of carbonyl (C=O) groups is 2. The highest BCUT2D eigenvalue weighted by molar-refractivity contribution is 6.30. The molecule has 2 N–H and O–H groups in total. The van der Waals surface area contributed by atoms with Crippen LogP contribution in [0.25, 0.3) is 11.0 Å². The van der Waals surface area contributed by atoms with Gasteiger partial charge in [-0.2, -0.15) is 0 Å². The molecule has 0 fully saturated rings. The molecule has 0 radical (unpaired) electrons. The van der Waals surface area contributed by atoms with Gasteiger partial charge in [0.05, 0.1) is 26.2 Å². The molecule has 1 amide bonds. The van der Waals surface area contributed by atoms with E-state index in [9.17, 15) is 19.5 Å². The van der Waals surface area contributed by atoms with Crippen LogP contribution in [0.1, 0.15) is 16.7 Å². The fourth-order valence-corrected chi connectivity index (χ4v) is 3.56. The number of aryl methyl sites for hydroxylation is 1. The van der Waals surface area contributed by atoms with Crippen molar-refractivity contribution >= 4 is 34.4 Å². The molecule has 9 heteroatoms. The lowest BCUT2D eigenvalue weighted by molar-refractivity contribution is -0.141. The average molecular weight is 460 g/mol. The number of hydrogen-bond acceptors (Lipinski definition) is 6. The van der Waals surface area contributed by atoms with Crippen molar-refractivity contribution in [2.24, 2.45) is 0 Å². The highest BCUT2D eigenvalue weighted by Gasteiger charge is 2.23. The Labute approximate surface area is 188 Å². The van der Waals surface area contributed by atoms with Crippen molar-refractivity contribution < 1.29 is 28.6 Å². The molecule has 1 atom stereocenters. The number of amides is 1. The van der Waals surface area contributed by atoms with Crippen LogP contribution in [0.15, 0.2) is 45.6 Å². The van der Waals surface area contributed by atoms with E-state index in [-0.39, 0.29) is 29.7 Å². The molecule has 2 aromatic carbocycles. The molecule has 8 nitrogen and oxygen atoms in total. The maximum atomic E-state index is 12.6. The number of hydrogen-bond donors (Lipinski definition) is 2. The van der Waals surface area contributed by atoms with Gasteiger partial charge < -0.3 is 24.3 Å². The van der Waals surface area contributed by atoms with E-state index in [1.54, 1.807) is 43.3 Å². The van der Waals surface area contributed by atoms with Crippen LogP contribution in [0, 0.1) is 6.92 Å². The maximum absolute atomic E-state index is 12.6. The van der Waals surface area contributed by atoms with Crippen LogP contribution in [-0.4, -0.2) is 37.2 Å². The predicted molar refractivity (Wildman–Crippen MR) is 119 cm³/mol. The van der Waals surface area contributed by atoms with Crippen molar-refractivity contribution in [2.45, 2.75) is 25.8 Å². The fourth-order valence-electron chi connectivity index (χ4n) is 3.43. The van der Waals surface area contributed by atoms with Gasteiger partial charge in [-0.1, -0.05) is 23.7 Å². The molecule has 3 aromatic rings. The summed E-state index contributed by atoms with van der Waals surface area (Å²) in [7, 11) is 2.90. The SMILES string of the molecule is COc1ccc2c(C)c(CC(=O)NC(Cc3ccc(Cl)cc3)C(=O)O)c(=O)oc2c1OC. The van der Waals surface area contributed by atoms with Crippen LogP contribution >= 0.6 is 11.6 Å². The Morgan fingerprint density at radius 3 is 2.41 bits per heavy atom. The van der Waals surface area contributed by atoms with Gasteiger partial charge in [-0.3, -0.25) is 4.79 Å². The number of carboxylic acid groups (broad SMARTS) is 1. The summed E-state index contributed by atoms with van der Waals surface area (Å²) < 4.78 is 16.0. The zero-order valence-corrected chi connectivity index (χ0v) is 18.5. The van der Waals surface area contributed by atoms with E-state index in [0.717, 1.165) is 0 Å². The molecule has 0 saturated heterocycles. The standard InChI is InChI=1S/C23H22ClNO7/c1-12-15-8-9-18(30-2)21(31-3)20(15)32-23(29)16(12)11-19(26)25-17(22(27)28)10-13-4-6-14(24)7-5-13/h4-9,17H,10-11H2,1-3H3,(H,25,26)(H,27,28). The van der Waals surface area contributed by atoms with E-state index < -0.39 is 23.5 Å². The number of nitrogens with one attached hydrogen (secondary N) is 1. The number of halogens is 1. The monoisotopic (exact) mass is 459 g/mol. The molecule has 0 aliphatic carbocycles. The molecule has 1 heterocycles. The van der Waals surface area contributed by atoms with Crippen LogP contribution in [-0.2, 0) is 22.4 Å². The second kappa shape index (κ2) is 9.74. The van der Waals surface area contributed by atoms with Crippen molar-refractivity contribution in [1.82, 2.24) is 5.32 Å². The number of benzene rings is 2. The Balaban J connectivity index is 1.86. The van der Waals surface area contributed by atoms with Gasteiger partial charge in [0.2, 0.25) is 11.7 Å². The Bertz CT molecular complexity index is 1220. The third-order valence-corrected chi connectivity index (χ3v) is 5.37. The molecule has 0 spiro atoms. The largest absolute Gasteiger partial charge is 0.493 e. The van der Waals surface area contributed by atoms with E-state index in [4.69, 9.17) is 25.5 Å². The van der Waals surface area contributed by atoms with Crippen LogP contribution < -0.4 is 20.4 Å². The highest BCUT2D eigenvalue weighted by Crippen LogP contribution is 2.36. The third-order valence-electron chi connectivity index (χ3n) is 5.12. The first-order valence-corrected chi connectivity index (χ1v) is 10.1. The number of carbonyl (C=O) groups excluding carboxylic acids is 1. The highest BCUT2D eigenvalue weighted by atomic mass is 35.5. The smallest absolute Gasteiger partial charge is 0.340 e. The molecule has 0 aliphatic heterocycles. The molecule has 168 valence electrons. The zero-order chi connectivity index (χ0) is 23.4. The average Bonchev–Trinajstić information content (AvgIpc) is 2.76. The normalized spacial score (nSPS) is 11.8. The molecule has 1 unspecified atom stereocenters. The summed E-state index contributed by atoms with van der Waals surface area (Å²) in [5.41, 5.74) is 0.880. The minimum Gasteiger partial charge on any atom is -0.493 e.